The summed E-state index contributed by atoms with van der Waals surface area (Å²) < 4.78 is 1.82. The van der Waals surface area contributed by atoms with Gasteiger partial charge in [0, 0.05) is 10.7 Å². The Morgan fingerprint density at radius 3 is 2.52 bits per heavy atom. The number of hydrogen-bond acceptors (Lipinski definition) is 5. The van der Waals surface area contributed by atoms with Gasteiger partial charge in [0.05, 0.1) is 6.04 Å². The highest BCUT2D eigenvalue weighted by atomic mass is 35.5. The fourth-order valence-electron chi connectivity index (χ4n) is 2.93. The van der Waals surface area contributed by atoms with Crippen LogP contribution in [0.4, 0.5) is 5.69 Å². The molecule has 2 atom stereocenters. The van der Waals surface area contributed by atoms with Gasteiger partial charge in [-0.2, -0.15) is 0 Å². The van der Waals surface area contributed by atoms with E-state index in [1.54, 1.807) is 0 Å². The second-order valence-electron chi connectivity index (χ2n) is 6.42. The summed E-state index contributed by atoms with van der Waals surface area (Å²) in [5.41, 5.74) is 6.25. The number of carbonyl (C=O) groups is 1. The molecule has 0 fully saturated rings. The van der Waals surface area contributed by atoms with E-state index >= 15 is 0 Å². The molecule has 1 aromatic heterocycles. The smallest absolute Gasteiger partial charge is 0.240 e. The van der Waals surface area contributed by atoms with E-state index in [1.807, 2.05) is 67.1 Å². The lowest BCUT2D eigenvalue weighted by Gasteiger charge is -2.32. The summed E-state index contributed by atoms with van der Waals surface area (Å²) in [5, 5.41) is 12.2. The first kappa shape index (κ1) is 17.9. The van der Waals surface area contributed by atoms with Crippen molar-refractivity contribution in [1.29, 1.82) is 0 Å². The number of rotatable bonds is 3. The number of fused-ring (bicyclic) bond motifs is 1. The quantitative estimate of drug-likeness (QED) is 0.697. The molecule has 2 aromatic carbocycles. The number of aryl methyl sites for hydroxylation is 2. The Morgan fingerprint density at radius 2 is 1.81 bits per heavy atom. The number of aromatic nitrogens is 3. The van der Waals surface area contributed by atoms with Crippen LogP contribution in [-0.4, -0.2) is 26.0 Å². The summed E-state index contributed by atoms with van der Waals surface area (Å²) in [7, 11) is 0. The van der Waals surface area contributed by atoms with Crippen LogP contribution < -0.4 is 10.7 Å². The molecule has 2 heterocycles. The molecule has 1 amide bonds. The summed E-state index contributed by atoms with van der Waals surface area (Å²) in [6.07, 6.45) is 0. The Bertz CT molecular complexity index is 971. The van der Waals surface area contributed by atoms with Gasteiger partial charge in [-0.1, -0.05) is 53.2 Å². The van der Waals surface area contributed by atoms with Crippen molar-refractivity contribution in [3.05, 3.63) is 70.5 Å². The van der Waals surface area contributed by atoms with Crippen molar-refractivity contribution >= 4 is 35.0 Å². The molecule has 1 aliphatic heterocycles. The van der Waals surface area contributed by atoms with Gasteiger partial charge in [0.1, 0.15) is 11.1 Å². The molecule has 0 spiro atoms. The summed E-state index contributed by atoms with van der Waals surface area (Å²) in [4.78, 5) is 13.1. The molecule has 0 aliphatic carbocycles. The largest absolute Gasteiger partial charge is 0.325 e. The molecule has 0 bridgehead atoms. The molecule has 0 saturated carbocycles. The first-order chi connectivity index (χ1) is 13.0. The molecule has 4 rings (SSSR count). The standard InChI is InChI=1S/C19H18ClN5OS/c1-11-3-9-15(10-4-11)21-18(26)17-16(13-5-7-14(20)8-6-13)24-25-12(2)22-23-19(25)27-17/h3-10,16-17,24H,1-2H3,(H,21,26)/t16-,17-/m1/s1. The van der Waals surface area contributed by atoms with Gasteiger partial charge in [0.15, 0.2) is 0 Å². The van der Waals surface area contributed by atoms with Crippen LogP contribution in [0.3, 0.4) is 0 Å². The fraction of sp³-hybridized carbons (Fsp3) is 0.211. The van der Waals surface area contributed by atoms with E-state index in [1.165, 1.54) is 11.8 Å². The van der Waals surface area contributed by atoms with E-state index < -0.39 is 5.25 Å². The Kier molecular flexibility index (Phi) is 4.80. The average Bonchev–Trinajstić information content (AvgIpc) is 3.03. The number of nitrogens with zero attached hydrogens (tertiary/aromatic N) is 3. The van der Waals surface area contributed by atoms with Crippen molar-refractivity contribution < 1.29 is 4.79 Å². The van der Waals surface area contributed by atoms with Crippen LogP contribution in [0.25, 0.3) is 0 Å². The van der Waals surface area contributed by atoms with Gasteiger partial charge < -0.3 is 10.7 Å². The Hall–Kier alpha value is -2.51. The predicted octanol–water partition coefficient (Wildman–Crippen LogP) is 3.95. The normalized spacial score (nSPS) is 18.5. The molecule has 6 nitrogen and oxygen atoms in total. The van der Waals surface area contributed by atoms with Crippen molar-refractivity contribution in [2.24, 2.45) is 0 Å². The second-order valence-corrected chi connectivity index (χ2v) is 7.96. The van der Waals surface area contributed by atoms with Crippen LogP contribution in [0.15, 0.2) is 53.7 Å². The van der Waals surface area contributed by atoms with Crippen LogP contribution in [0.1, 0.15) is 23.0 Å². The van der Waals surface area contributed by atoms with Gasteiger partial charge in [-0.3, -0.25) is 4.79 Å². The summed E-state index contributed by atoms with van der Waals surface area (Å²) in [6, 6.07) is 15.0. The van der Waals surface area contributed by atoms with Crippen molar-refractivity contribution in [2.45, 2.75) is 30.3 Å². The molecule has 8 heteroatoms. The van der Waals surface area contributed by atoms with E-state index in [0.717, 1.165) is 22.6 Å². The monoisotopic (exact) mass is 399 g/mol. The highest BCUT2D eigenvalue weighted by molar-refractivity contribution is 8.00. The van der Waals surface area contributed by atoms with Gasteiger partial charge >= 0.3 is 0 Å². The summed E-state index contributed by atoms with van der Waals surface area (Å²) in [5.74, 6) is 0.650. The summed E-state index contributed by atoms with van der Waals surface area (Å²) >= 11 is 7.43. The first-order valence-corrected chi connectivity index (χ1v) is 9.75. The number of benzene rings is 2. The van der Waals surface area contributed by atoms with Gasteiger partial charge in [-0.15, -0.1) is 10.2 Å². The van der Waals surface area contributed by atoms with Gasteiger partial charge in [-0.05, 0) is 43.7 Å². The van der Waals surface area contributed by atoms with Crippen LogP contribution in [0, 0.1) is 13.8 Å². The summed E-state index contributed by atoms with van der Waals surface area (Å²) in [6.45, 7) is 3.88. The maximum absolute atomic E-state index is 13.1. The maximum Gasteiger partial charge on any atom is 0.240 e. The predicted molar refractivity (Wildman–Crippen MR) is 108 cm³/mol. The maximum atomic E-state index is 13.1. The number of halogens is 1. The molecule has 3 aromatic rings. The Balaban J connectivity index is 1.65. The lowest BCUT2D eigenvalue weighted by Crippen LogP contribution is -2.41. The highest BCUT2D eigenvalue weighted by Gasteiger charge is 2.37. The molecule has 27 heavy (non-hydrogen) atoms. The second kappa shape index (κ2) is 7.25. The van der Waals surface area contributed by atoms with E-state index in [0.29, 0.717) is 10.2 Å². The number of thioether (sulfide) groups is 1. The van der Waals surface area contributed by atoms with E-state index in [9.17, 15) is 4.79 Å². The minimum atomic E-state index is -0.413. The third-order valence-electron chi connectivity index (χ3n) is 4.41. The first-order valence-electron chi connectivity index (χ1n) is 8.49. The van der Waals surface area contributed by atoms with E-state index in [2.05, 4.69) is 20.9 Å². The molecule has 2 N–H and O–H groups in total. The molecule has 0 unspecified atom stereocenters. The van der Waals surface area contributed by atoms with Crippen molar-refractivity contribution in [3.8, 4) is 0 Å². The number of hydrogen-bond donors (Lipinski definition) is 2. The lowest BCUT2D eigenvalue weighted by atomic mass is 10.0. The van der Waals surface area contributed by atoms with Crippen molar-refractivity contribution in [3.63, 3.8) is 0 Å². The molecule has 138 valence electrons. The third kappa shape index (κ3) is 3.65. The van der Waals surface area contributed by atoms with Crippen LogP contribution in [0.5, 0.6) is 0 Å². The van der Waals surface area contributed by atoms with Gasteiger partial charge in [-0.25, -0.2) is 4.68 Å². The fourth-order valence-corrected chi connectivity index (χ4v) is 4.18. The average molecular weight is 400 g/mol. The Morgan fingerprint density at radius 1 is 1.11 bits per heavy atom. The van der Waals surface area contributed by atoms with Crippen molar-refractivity contribution in [1.82, 2.24) is 14.9 Å². The number of nitrogens with one attached hydrogen (secondary N) is 2. The topological polar surface area (TPSA) is 71.8 Å². The number of carbonyl (C=O) groups excluding carboxylic acids is 1. The molecular formula is C19H18ClN5OS. The van der Waals surface area contributed by atoms with Crippen LogP contribution in [0.2, 0.25) is 5.02 Å². The van der Waals surface area contributed by atoms with E-state index in [-0.39, 0.29) is 11.9 Å². The van der Waals surface area contributed by atoms with E-state index in [4.69, 9.17) is 11.6 Å². The number of anilines is 1. The minimum absolute atomic E-state index is 0.0943. The third-order valence-corrected chi connectivity index (χ3v) is 5.87. The molecular weight excluding hydrogens is 382 g/mol. The Labute approximate surface area is 166 Å². The molecule has 0 radical (unpaired) electrons. The SMILES string of the molecule is Cc1ccc(NC(=O)[C@@H]2Sc3nnc(C)n3N[C@@H]2c2ccc(Cl)cc2)cc1. The zero-order valence-electron chi connectivity index (χ0n) is 14.8. The van der Waals surface area contributed by atoms with Crippen LogP contribution in [-0.2, 0) is 4.79 Å². The lowest BCUT2D eigenvalue weighted by molar-refractivity contribution is -0.116. The zero-order valence-corrected chi connectivity index (χ0v) is 16.4. The molecule has 1 aliphatic rings. The minimum Gasteiger partial charge on any atom is -0.325 e. The van der Waals surface area contributed by atoms with Crippen LogP contribution >= 0.6 is 23.4 Å². The molecule has 0 saturated heterocycles. The zero-order chi connectivity index (χ0) is 19.0. The van der Waals surface area contributed by atoms with Gasteiger partial charge in [0.25, 0.3) is 0 Å². The van der Waals surface area contributed by atoms with Gasteiger partial charge in [0.2, 0.25) is 11.1 Å². The number of amides is 1. The van der Waals surface area contributed by atoms with Crippen molar-refractivity contribution in [2.75, 3.05) is 10.7 Å². The highest BCUT2D eigenvalue weighted by Crippen LogP contribution is 2.37.